The van der Waals surface area contributed by atoms with Crippen molar-refractivity contribution in [1.82, 2.24) is 50.2 Å². The Hall–Kier alpha value is -4.35. The van der Waals surface area contributed by atoms with Crippen LogP contribution in [0.2, 0.25) is 5.15 Å². The van der Waals surface area contributed by atoms with E-state index in [4.69, 9.17) is 72.5 Å². The van der Waals surface area contributed by atoms with Gasteiger partial charge in [0.2, 0.25) is 0 Å². The van der Waals surface area contributed by atoms with E-state index >= 15 is 0 Å². The molecular weight excluding hydrogens is 1300 g/mol. The molecule has 2 aromatic carbocycles. The predicted octanol–water partition coefficient (Wildman–Crippen LogP) is 10.1. The first-order valence-electron chi connectivity index (χ1n) is 24.0. The fourth-order valence-electron chi connectivity index (χ4n) is 8.85. The molecule has 0 atom stereocenters. The number of fused-ring (bicyclic) bond motifs is 6. The normalized spacial score (nSPS) is 10.7. The molecule has 426 valence electrons. The minimum absolute atomic E-state index is 0.282. The van der Waals surface area contributed by atoms with Crippen LogP contribution in [0.4, 0.5) is 0 Å². The Bertz CT molecular complexity index is 4390. The van der Waals surface area contributed by atoms with Crippen molar-refractivity contribution in [2.45, 2.75) is 81.1 Å². The van der Waals surface area contributed by atoms with Crippen molar-refractivity contribution in [1.29, 1.82) is 0 Å². The lowest BCUT2D eigenvalue weighted by Crippen LogP contribution is -2.33. The lowest BCUT2D eigenvalue weighted by atomic mass is 9.76. The molecule has 4 N–H and O–H groups in total. The van der Waals surface area contributed by atoms with E-state index in [1.807, 2.05) is 86.0 Å². The number of aryl methyl sites for hydroxylation is 6. The topological polar surface area (TPSA) is 220 Å². The van der Waals surface area contributed by atoms with Gasteiger partial charge in [0, 0.05) is 189 Å². The maximum absolute atomic E-state index is 8.97. The number of ether oxygens (including phenoxy) is 2. The first kappa shape index (κ1) is 64.2. The van der Waals surface area contributed by atoms with E-state index in [0.29, 0.717) is 33.8 Å². The molecular formula is C50H52BClN10O6S13. The van der Waals surface area contributed by atoms with E-state index in [0.717, 1.165) is 112 Å². The van der Waals surface area contributed by atoms with Crippen LogP contribution >= 0.6 is 11.6 Å². The van der Waals surface area contributed by atoms with Gasteiger partial charge < -0.3 is 38.5 Å². The van der Waals surface area contributed by atoms with Crippen molar-refractivity contribution in [2.24, 2.45) is 0 Å². The monoisotopic (exact) mass is 1350 g/mol. The number of nitrogens with zero attached hydrogens (tertiary/aromatic N) is 8. The van der Waals surface area contributed by atoms with Crippen molar-refractivity contribution >= 4 is 188 Å². The van der Waals surface area contributed by atoms with Crippen LogP contribution in [0.5, 0.6) is 11.5 Å². The van der Waals surface area contributed by atoms with Gasteiger partial charge in [-0.05, 0) is 101 Å². The van der Waals surface area contributed by atoms with Gasteiger partial charge in [-0.15, -0.1) is 0 Å². The lowest BCUT2D eigenvalue weighted by Gasteiger charge is -2.13. The van der Waals surface area contributed by atoms with Crippen molar-refractivity contribution in [3.63, 3.8) is 0 Å². The van der Waals surface area contributed by atoms with E-state index in [1.165, 1.54) is 29.5 Å². The largest absolute Gasteiger partial charge is 0.496 e. The van der Waals surface area contributed by atoms with Crippen LogP contribution < -0.4 is 14.9 Å². The molecule has 0 radical (unpaired) electrons. The van der Waals surface area contributed by atoms with Crippen molar-refractivity contribution in [3.8, 4) is 45.0 Å². The number of hydrogen-bond donors (Lipinski definition) is 4. The molecule has 0 spiro atoms. The second-order valence-corrected chi connectivity index (χ2v) is 37.7. The molecule has 81 heavy (non-hydrogen) atoms. The summed E-state index contributed by atoms with van der Waals surface area (Å²) >= 11 is 15.7. The van der Waals surface area contributed by atoms with Crippen LogP contribution in [-0.4, -0.2) is 81.6 Å². The fraction of sp³-hybridized carbons (Fsp3) is 0.280. The van der Waals surface area contributed by atoms with Gasteiger partial charge in [0.1, 0.15) is 51.1 Å². The summed E-state index contributed by atoms with van der Waals surface area (Å²) in [7, 11) is 20.0. The molecule has 0 saturated heterocycles. The Morgan fingerprint density at radius 3 is 1.46 bits per heavy atom. The summed E-state index contributed by atoms with van der Waals surface area (Å²) < 4.78 is 22.1. The molecule has 10 aromatic rings. The number of hydrogen-bond acceptors (Lipinski definition) is 16. The molecule has 31 heteroatoms. The van der Waals surface area contributed by atoms with Crippen LogP contribution in [0.3, 0.4) is 0 Å². The number of benzene rings is 2. The zero-order valence-corrected chi connectivity index (χ0v) is 56.7. The van der Waals surface area contributed by atoms with Gasteiger partial charge in [0.25, 0.3) is 0 Å². The molecule has 0 aliphatic carbocycles. The van der Waals surface area contributed by atoms with Gasteiger partial charge in [0.15, 0.2) is 0 Å². The van der Waals surface area contributed by atoms with E-state index in [9.17, 15) is 0 Å². The Balaban J connectivity index is 0.000000170. The van der Waals surface area contributed by atoms with Gasteiger partial charge in [-0.3, -0.25) is 9.97 Å². The Kier molecular flexibility index (Phi) is 24.2. The van der Waals surface area contributed by atoms with Gasteiger partial charge in [-0.1, -0.05) is 49.6 Å². The van der Waals surface area contributed by atoms with E-state index < -0.39 is 7.12 Å². The van der Waals surface area contributed by atoms with Gasteiger partial charge in [-0.25, -0.2) is 19.9 Å². The second kappa shape index (κ2) is 30.5. The minimum Gasteiger partial charge on any atom is -0.496 e. The van der Waals surface area contributed by atoms with Gasteiger partial charge >= 0.3 is 7.12 Å². The third-order valence-corrected chi connectivity index (χ3v) is 34.6. The van der Waals surface area contributed by atoms with E-state index in [2.05, 4.69) is 66.2 Å². The summed E-state index contributed by atoms with van der Waals surface area (Å²) in [6.45, 7) is 19.7. The number of pyridine rings is 2. The Labute approximate surface area is 513 Å². The summed E-state index contributed by atoms with van der Waals surface area (Å²) in [4.78, 5) is 33.3. The smallest absolute Gasteiger partial charge is 0.490 e. The zero-order chi connectivity index (χ0) is 58.5. The second-order valence-electron chi connectivity index (χ2n) is 17.9. The highest BCUT2D eigenvalue weighted by Gasteiger charge is 2.24. The predicted molar refractivity (Wildman–Crippen MR) is 362 cm³/mol. The number of nitrogens with one attached hydrogen (secondary N) is 2. The third-order valence-electron chi connectivity index (χ3n) is 12.1. The minimum atomic E-state index is -1.42. The first-order valence-corrected chi connectivity index (χ1v) is 40.4. The number of aromatic nitrogens is 10. The highest BCUT2D eigenvalue weighted by Crippen LogP contribution is 2.43. The molecule has 10 rings (SSSR count). The van der Waals surface area contributed by atoms with Crippen LogP contribution in [0.25, 0.3) is 77.4 Å². The van der Waals surface area contributed by atoms with Gasteiger partial charge in [-0.2, -0.15) is 0 Å². The van der Waals surface area contributed by atoms with Crippen LogP contribution in [0.15, 0.2) is 70.2 Å². The van der Waals surface area contributed by atoms with Crippen molar-refractivity contribution in [2.75, 3.05) is 14.2 Å². The average Bonchev–Trinajstić information content (AvgIpc) is 4.40. The highest BCUT2D eigenvalue weighted by molar-refractivity contribution is 8.75. The fourth-order valence-corrected chi connectivity index (χ4v) is 33.9. The SMILES string of the molecule is CC(C)c1ccncc1B(O)O.COc1cc2c(cc1-c1c(C)noc1C)[nH]c1nc(C)nc(-c3cnccc3C(C)C)c12.COc1cc2c(cc1-c1c(C)noc1C)[nH]c1nc(C)nc(Cl)c12.S=S=S=S=S=S=S=S=S=S=S=S=S. The molecule has 8 aromatic heterocycles. The standard InChI is InChI=1S/C25H25N5O2.C17H15ClN4O2.C8H12BNO2.S13/c1-12(2)16-7-8-26-11-19(16)24-23-17-10-21(31-6)18(22-13(3)30-32-14(22)4)9-20(17)29-25(23)28-15(5)27-24;1-7-14(8(2)24-22-7)11-5-12-10(6-13(11)23-4)15-16(18)19-9(3)20-17(15)21-12;1-6(2)7-3-4-10-5-8(7)9(11)12;1-3-5-7-9-11-13-12-10-8-6-4-2/h7-12H,1-6H3,(H,27,28,29);5-6H,1-4H3,(H,19,20,21);3-6,11-12H,1-2H3;. The maximum atomic E-state index is 8.97. The van der Waals surface area contributed by atoms with Gasteiger partial charge in [0.05, 0.1) is 53.2 Å². The summed E-state index contributed by atoms with van der Waals surface area (Å²) in [5, 5.41) is 30.2. The Morgan fingerprint density at radius 1 is 0.580 bits per heavy atom. The maximum Gasteiger partial charge on any atom is 0.490 e. The van der Waals surface area contributed by atoms with E-state index in [-0.39, 0.29) is 5.92 Å². The molecule has 0 bridgehead atoms. The quantitative estimate of drug-likeness (QED) is 0.0821. The molecule has 8 heterocycles. The summed E-state index contributed by atoms with van der Waals surface area (Å²) in [5.74, 6) is 4.91. The highest BCUT2D eigenvalue weighted by atomic mass is 35.5. The molecule has 0 aliphatic heterocycles. The van der Waals surface area contributed by atoms with Crippen molar-refractivity contribution in [3.05, 3.63) is 112 Å². The summed E-state index contributed by atoms with van der Waals surface area (Å²) in [6.07, 6.45) is 6.87. The van der Waals surface area contributed by atoms with E-state index in [1.54, 1.807) is 106 Å². The zero-order valence-electron chi connectivity index (χ0n) is 45.3. The molecule has 0 unspecified atom stereocenters. The third kappa shape index (κ3) is 15.7. The van der Waals surface area contributed by atoms with Crippen LogP contribution in [-0.2, 0) is 120 Å². The number of methoxy groups -OCH3 is 2. The van der Waals surface area contributed by atoms with Crippen LogP contribution in [0, 0.1) is 41.5 Å². The molecule has 0 aliphatic rings. The summed E-state index contributed by atoms with van der Waals surface area (Å²) in [5.41, 5.74) is 13.2. The molecule has 16 nitrogen and oxygen atoms in total. The van der Waals surface area contributed by atoms with Crippen molar-refractivity contribution < 1.29 is 28.6 Å². The number of rotatable bonds is 8. The molecule has 0 fully saturated rings. The molecule has 0 amide bonds. The number of aromatic amines is 2. The molecule has 0 saturated carbocycles. The lowest BCUT2D eigenvalue weighted by molar-refractivity contribution is 0.393. The number of H-pyrrole nitrogens is 2. The number of halogens is 1. The average molecular weight is 1350 g/mol. The first-order chi connectivity index (χ1) is 38.9. The Morgan fingerprint density at radius 2 is 1.02 bits per heavy atom. The summed E-state index contributed by atoms with van der Waals surface area (Å²) in [6, 6.07) is 11.9. The van der Waals surface area contributed by atoms with Crippen LogP contribution in [0.1, 0.15) is 85.2 Å².